The molecular formula is C16H15BrN2O. The lowest BCUT2D eigenvalue weighted by atomic mass is 9.96. The molecule has 2 aliphatic rings. The van der Waals surface area contributed by atoms with Crippen molar-refractivity contribution in [2.24, 2.45) is 5.92 Å². The zero-order valence-electron chi connectivity index (χ0n) is 11.0. The van der Waals surface area contributed by atoms with Gasteiger partial charge in [0.25, 0.3) is 0 Å². The van der Waals surface area contributed by atoms with Crippen LogP contribution in [0.1, 0.15) is 31.2 Å². The number of aromatic nitrogens is 2. The molecule has 2 aliphatic heterocycles. The van der Waals surface area contributed by atoms with E-state index in [0.717, 1.165) is 33.8 Å². The highest BCUT2D eigenvalue weighted by atomic mass is 79.9. The molecule has 2 atom stereocenters. The minimum atomic E-state index is 0.451. The second-order valence-corrected chi connectivity index (χ2v) is 6.54. The average Bonchev–Trinajstić information content (AvgIpc) is 3.02. The van der Waals surface area contributed by atoms with E-state index < -0.39 is 0 Å². The van der Waals surface area contributed by atoms with Crippen LogP contribution in [0.25, 0.3) is 10.9 Å². The van der Waals surface area contributed by atoms with E-state index in [2.05, 4.69) is 50.1 Å². The Hall–Kier alpha value is -1.31. The largest absolute Gasteiger partial charge is 0.375 e. The van der Waals surface area contributed by atoms with Crippen LogP contribution in [-0.4, -0.2) is 22.4 Å². The fourth-order valence-corrected chi connectivity index (χ4v) is 3.68. The average molecular weight is 331 g/mol. The van der Waals surface area contributed by atoms with Gasteiger partial charge < -0.3 is 4.74 Å². The predicted octanol–water partition coefficient (Wildman–Crippen LogP) is 3.63. The molecule has 0 amide bonds. The third-order valence-electron chi connectivity index (χ3n) is 4.23. The smallest absolute Gasteiger partial charge is 0.0663 e. The molecule has 2 unspecified atom stereocenters. The summed E-state index contributed by atoms with van der Waals surface area (Å²) in [5.74, 6) is 7.25. The van der Waals surface area contributed by atoms with Gasteiger partial charge in [-0.05, 0) is 53.7 Å². The van der Waals surface area contributed by atoms with Crippen molar-refractivity contribution in [3.63, 3.8) is 0 Å². The molecule has 2 fully saturated rings. The number of nitrogens with one attached hydrogen (secondary N) is 1. The van der Waals surface area contributed by atoms with Crippen LogP contribution in [0, 0.1) is 17.8 Å². The molecule has 1 N–H and O–H groups in total. The van der Waals surface area contributed by atoms with Crippen LogP contribution in [-0.2, 0) is 4.74 Å². The highest BCUT2D eigenvalue weighted by Gasteiger charge is 2.34. The minimum Gasteiger partial charge on any atom is -0.375 e. The van der Waals surface area contributed by atoms with E-state index in [-0.39, 0.29) is 0 Å². The second kappa shape index (κ2) is 4.91. The predicted molar refractivity (Wildman–Crippen MR) is 81.3 cm³/mol. The van der Waals surface area contributed by atoms with E-state index in [9.17, 15) is 0 Å². The van der Waals surface area contributed by atoms with Crippen molar-refractivity contribution >= 4 is 26.8 Å². The van der Waals surface area contributed by atoms with Gasteiger partial charge in [-0.1, -0.05) is 11.8 Å². The summed E-state index contributed by atoms with van der Waals surface area (Å²) < 4.78 is 6.90. The molecule has 102 valence electrons. The lowest BCUT2D eigenvalue weighted by Crippen LogP contribution is -2.23. The van der Waals surface area contributed by atoms with Crippen molar-refractivity contribution in [1.82, 2.24) is 10.2 Å². The van der Waals surface area contributed by atoms with E-state index in [1.807, 2.05) is 6.20 Å². The number of aromatic amines is 1. The lowest BCUT2D eigenvalue weighted by molar-refractivity contribution is -0.00796. The molecule has 2 aromatic rings. The number of hydrogen-bond donors (Lipinski definition) is 1. The molecule has 2 saturated heterocycles. The van der Waals surface area contributed by atoms with E-state index in [1.165, 1.54) is 12.8 Å². The fourth-order valence-electron chi connectivity index (χ4n) is 3.21. The standard InChI is InChI=1S/C16H15BrN2O/c17-15-7-12-9-18-19-16(12)8-11(15)2-1-10-5-13-3-4-14(6-10)20-13/h7-10,13-14H,3-6H2,(H,18,19). The van der Waals surface area contributed by atoms with Crippen LogP contribution >= 0.6 is 15.9 Å². The number of ether oxygens (including phenoxy) is 1. The number of rotatable bonds is 0. The molecule has 3 heterocycles. The Kier molecular flexibility index (Phi) is 3.05. The first-order valence-corrected chi connectivity index (χ1v) is 7.87. The van der Waals surface area contributed by atoms with Gasteiger partial charge in [0.05, 0.1) is 23.9 Å². The molecule has 1 aromatic heterocycles. The van der Waals surface area contributed by atoms with Gasteiger partial charge in [0.15, 0.2) is 0 Å². The Morgan fingerprint density at radius 2 is 2.05 bits per heavy atom. The van der Waals surface area contributed by atoms with Gasteiger partial charge in [0, 0.05) is 21.3 Å². The molecule has 0 spiro atoms. The third kappa shape index (κ3) is 2.25. The Labute approximate surface area is 126 Å². The topological polar surface area (TPSA) is 37.9 Å². The maximum absolute atomic E-state index is 5.86. The van der Waals surface area contributed by atoms with Gasteiger partial charge in [0.1, 0.15) is 0 Å². The summed E-state index contributed by atoms with van der Waals surface area (Å²) in [6.07, 6.45) is 7.34. The molecule has 20 heavy (non-hydrogen) atoms. The number of H-pyrrole nitrogens is 1. The Bertz CT molecular complexity index is 700. The highest BCUT2D eigenvalue weighted by Crippen LogP contribution is 2.35. The number of halogens is 1. The van der Waals surface area contributed by atoms with E-state index in [1.54, 1.807) is 0 Å². The zero-order valence-corrected chi connectivity index (χ0v) is 12.6. The summed E-state index contributed by atoms with van der Waals surface area (Å²) in [5, 5.41) is 8.14. The number of hydrogen-bond acceptors (Lipinski definition) is 2. The Balaban J connectivity index is 1.61. The summed E-state index contributed by atoms with van der Waals surface area (Å²) in [6.45, 7) is 0. The number of nitrogens with zero attached hydrogens (tertiary/aromatic N) is 1. The SMILES string of the molecule is Brc1cc2cn[nH]c2cc1C#CC1CC2CCC(C1)O2. The maximum atomic E-state index is 5.86. The van der Waals surface area contributed by atoms with Crippen molar-refractivity contribution in [3.8, 4) is 11.8 Å². The van der Waals surface area contributed by atoms with E-state index in [4.69, 9.17) is 4.74 Å². The molecule has 1 aromatic carbocycles. The number of fused-ring (bicyclic) bond motifs is 3. The lowest BCUT2D eigenvalue weighted by Gasteiger charge is -2.24. The molecule has 2 bridgehead atoms. The molecule has 3 nitrogen and oxygen atoms in total. The quantitative estimate of drug-likeness (QED) is 0.749. The first-order chi connectivity index (χ1) is 9.78. The second-order valence-electron chi connectivity index (χ2n) is 5.68. The summed E-state index contributed by atoms with van der Waals surface area (Å²) >= 11 is 3.59. The normalized spacial score (nSPS) is 28.4. The molecule has 4 heteroatoms. The highest BCUT2D eigenvalue weighted by molar-refractivity contribution is 9.10. The minimum absolute atomic E-state index is 0.451. The number of benzene rings is 1. The first kappa shape index (κ1) is 12.4. The van der Waals surface area contributed by atoms with Crippen LogP contribution in [0.2, 0.25) is 0 Å². The van der Waals surface area contributed by atoms with Crippen molar-refractivity contribution < 1.29 is 4.74 Å². The zero-order chi connectivity index (χ0) is 13.5. The summed E-state index contributed by atoms with van der Waals surface area (Å²) in [5.41, 5.74) is 2.06. The van der Waals surface area contributed by atoms with E-state index in [0.29, 0.717) is 18.1 Å². The Morgan fingerprint density at radius 1 is 1.25 bits per heavy atom. The van der Waals surface area contributed by atoms with Crippen LogP contribution in [0.3, 0.4) is 0 Å². The summed E-state index contributed by atoms with van der Waals surface area (Å²) in [6, 6.07) is 4.13. The van der Waals surface area contributed by atoms with Crippen LogP contribution in [0.15, 0.2) is 22.8 Å². The summed E-state index contributed by atoms with van der Waals surface area (Å²) in [4.78, 5) is 0. The van der Waals surface area contributed by atoms with Crippen molar-refractivity contribution in [3.05, 3.63) is 28.4 Å². The molecular weight excluding hydrogens is 316 g/mol. The van der Waals surface area contributed by atoms with Gasteiger partial charge in [-0.25, -0.2) is 0 Å². The first-order valence-electron chi connectivity index (χ1n) is 7.07. The monoisotopic (exact) mass is 330 g/mol. The van der Waals surface area contributed by atoms with Gasteiger partial charge in [-0.2, -0.15) is 5.10 Å². The molecule has 0 saturated carbocycles. The molecule has 4 rings (SSSR count). The Morgan fingerprint density at radius 3 is 2.85 bits per heavy atom. The fraction of sp³-hybridized carbons (Fsp3) is 0.438. The van der Waals surface area contributed by atoms with Gasteiger partial charge in [-0.3, -0.25) is 5.10 Å². The van der Waals surface area contributed by atoms with Crippen molar-refractivity contribution in [2.45, 2.75) is 37.9 Å². The van der Waals surface area contributed by atoms with Gasteiger partial charge in [0.2, 0.25) is 0 Å². The summed E-state index contributed by atoms with van der Waals surface area (Å²) in [7, 11) is 0. The maximum Gasteiger partial charge on any atom is 0.0663 e. The molecule has 0 radical (unpaired) electrons. The van der Waals surface area contributed by atoms with Crippen LogP contribution in [0.4, 0.5) is 0 Å². The van der Waals surface area contributed by atoms with Gasteiger partial charge >= 0.3 is 0 Å². The van der Waals surface area contributed by atoms with Crippen molar-refractivity contribution in [2.75, 3.05) is 0 Å². The third-order valence-corrected chi connectivity index (χ3v) is 4.89. The van der Waals surface area contributed by atoms with E-state index >= 15 is 0 Å². The van der Waals surface area contributed by atoms with Crippen LogP contribution < -0.4 is 0 Å². The van der Waals surface area contributed by atoms with Crippen molar-refractivity contribution in [1.29, 1.82) is 0 Å². The van der Waals surface area contributed by atoms with Gasteiger partial charge in [-0.15, -0.1) is 0 Å². The van der Waals surface area contributed by atoms with Crippen LogP contribution in [0.5, 0.6) is 0 Å². The molecule has 0 aliphatic carbocycles.